The van der Waals surface area contributed by atoms with Gasteiger partial charge in [-0.15, -0.1) is 0 Å². The van der Waals surface area contributed by atoms with Crippen molar-refractivity contribution >= 4 is 12.4 Å². The summed E-state index contributed by atoms with van der Waals surface area (Å²) in [5.41, 5.74) is -0.0771. The number of rotatable bonds is 4. The molecule has 0 aromatic heterocycles. The predicted octanol–water partition coefficient (Wildman–Crippen LogP) is 3.84. The quantitative estimate of drug-likeness (QED) is 0.780. The first-order valence-corrected chi connectivity index (χ1v) is 8.31. The SMILES string of the molecule is CC1(C)OC(C=O)[C@H](c2ccccc2F)N1C(=O)OCc1ccccc1. The van der Waals surface area contributed by atoms with Gasteiger partial charge in [0.1, 0.15) is 24.3 Å². The second-order valence-electron chi connectivity index (χ2n) is 6.54. The second-order valence-corrected chi connectivity index (χ2v) is 6.54. The van der Waals surface area contributed by atoms with Crippen LogP contribution in [0.1, 0.15) is 31.0 Å². The minimum absolute atomic E-state index is 0.0714. The van der Waals surface area contributed by atoms with Crippen molar-refractivity contribution in [3.8, 4) is 0 Å². The molecular weight excluding hydrogens is 337 g/mol. The Morgan fingerprint density at radius 2 is 1.85 bits per heavy atom. The molecule has 0 bridgehead atoms. The number of aldehydes is 1. The van der Waals surface area contributed by atoms with Gasteiger partial charge >= 0.3 is 6.09 Å². The normalized spacial score (nSPS) is 21.4. The van der Waals surface area contributed by atoms with Crippen LogP contribution in [0.5, 0.6) is 0 Å². The zero-order valence-electron chi connectivity index (χ0n) is 14.6. The molecule has 1 fully saturated rings. The van der Waals surface area contributed by atoms with Crippen LogP contribution in [0.15, 0.2) is 54.6 Å². The van der Waals surface area contributed by atoms with Crippen LogP contribution in [0.4, 0.5) is 9.18 Å². The van der Waals surface area contributed by atoms with Crippen molar-refractivity contribution in [3.63, 3.8) is 0 Å². The Balaban J connectivity index is 1.89. The van der Waals surface area contributed by atoms with Crippen LogP contribution in [0.25, 0.3) is 0 Å². The summed E-state index contributed by atoms with van der Waals surface area (Å²) in [7, 11) is 0. The van der Waals surface area contributed by atoms with Gasteiger partial charge < -0.3 is 14.3 Å². The highest BCUT2D eigenvalue weighted by molar-refractivity contribution is 5.72. The van der Waals surface area contributed by atoms with Gasteiger partial charge in [-0.1, -0.05) is 48.5 Å². The molecule has 1 heterocycles. The number of ether oxygens (including phenoxy) is 2. The molecule has 2 atom stereocenters. The summed E-state index contributed by atoms with van der Waals surface area (Å²) < 4.78 is 25.4. The summed E-state index contributed by atoms with van der Waals surface area (Å²) in [5, 5.41) is 0. The van der Waals surface area contributed by atoms with E-state index in [4.69, 9.17) is 9.47 Å². The minimum Gasteiger partial charge on any atom is -0.444 e. The first kappa shape index (κ1) is 18.1. The van der Waals surface area contributed by atoms with Gasteiger partial charge in [0.15, 0.2) is 6.29 Å². The molecule has 136 valence electrons. The summed E-state index contributed by atoms with van der Waals surface area (Å²) >= 11 is 0. The Kier molecular flexibility index (Phi) is 5.04. The largest absolute Gasteiger partial charge is 0.444 e. The standard InChI is InChI=1S/C20H20FNO4/c1-20(2)22(19(24)25-13-14-8-4-3-5-9-14)18(17(12-23)26-20)15-10-6-7-11-16(15)21/h3-12,17-18H,13H2,1-2H3/t17?,18-/m0/s1. The minimum atomic E-state index is -1.12. The van der Waals surface area contributed by atoms with Gasteiger partial charge in [-0.2, -0.15) is 0 Å². The molecule has 0 saturated carbocycles. The first-order valence-electron chi connectivity index (χ1n) is 8.31. The van der Waals surface area contributed by atoms with E-state index in [-0.39, 0.29) is 12.2 Å². The first-order chi connectivity index (χ1) is 12.4. The number of carbonyl (C=O) groups excluding carboxylic acids is 2. The molecule has 26 heavy (non-hydrogen) atoms. The average molecular weight is 357 g/mol. The molecule has 0 aliphatic carbocycles. The van der Waals surface area contributed by atoms with Gasteiger partial charge in [0.2, 0.25) is 0 Å². The lowest BCUT2D eigenvalue weighted by Gasteiger charge is -2.32. The zero-order chi connectivity index (χ0) is 18.7. The van der Waals surface area contributed by atoms with Gasteiger partial charge in [0, 0.05) is 5.56 Å². The Morgan fingerprint density at radius 1 is 1.19 bits per heavy atom. The molecule has 3 rings (SSSR count). The van der Waals surface area contributed by atoms with Crippen molar-refractivity contribution in [1.29, 1.82) is 0 Å². The van der Waals surface area contributed by atoms with Crippen LogP contribution in [0.2, 0.25) is 0 Å². The van der Waals surface area contributed by atoms with Gasteiger partial charge in [-0.3, -0.25) is 4.90 Å². The molecule has 5 nitrogen and oxygen atoms in total. The van der Waals surface area contributed by atoms with E-state index >= 15 is 0 Å². The maximum Gasteiger partial charge on any atom is 0.413 e. The van der Waals surface area contributed by atoms with Crippen molar-refractivity contribution in [3.05, 3.63) is 71.5 Å². The van der Waals surface area contributed by atoms with E-state index in [0.29, 0.717) is 6.29 Å². The van der Waals surface area contributed by atoms with Crippen LogP contribution < -0.4 is 0 Å². The molecule has 0 N–H and O–H groups in total. The fourth-order valence-electron chi connectivity index (χ4n) is 3.19. The van der Waals surface area contributed by atoms with E-state index < -0.39 is 29.8 Å². The zero-order valence-corrected chi connectivity index (χ0v) is 14.6. The van der Waals surface area contributed by atoms with E-state index in [0.717, 1.165) is 5.56 Å². The number of benzene rings is 2. The average Bonchev–Trinajstić information content (AvgIpc) is 2.91. The van der Waals surface area contributed by atoms with E-state index in [1.165, 1.54) is 11.0 Å². The highest BCUT2D eigenvalue weighted by atomic mass is 19.1. The number of hydrogen-bond acceptors (Lipinski definition) is 4. The number of hydrogen-bond donors (Lipinski definition) is 0. The highest BCUT2D eigenvalue weighted by Crippen LogP contribution is 2.42. The van der Waals surface area contributed by atoms with Gasteiger partial charge in [-0.25, -0.2) is 9.18 Å². The fraction of sp³-hybridized carbons (Fsp3) is 0.300. The van der Waals surface area contributed by atoms with Crippen LogP contribution in [-0.2, 0) is 20.9 Å². The maximum absolute atomic E-state index is 14.3. The van der Waals surface area contributed by atoms with E-state index in [1.54, 1.807) is 32.0 Å². The number of carbonyl (C=O) groups is 2. The molecule has 0 radical (unpaired) electrons. The summed E-state index contributed by atoms with van der Waals surface area (Å²) in [5.74, 6) is -0.508. The molecule has 1 amide bonds. The molecule has 6 heteroatoms. The summed E-state index contributed by atoms with van der Waals surface area (Å²) in [6, 6.07) is 14.4. The lowest BCUT2D eigenvalue weighted by Crippen LogP contribution is -2.45. The van der Waals surface area contributed by atoms with Gasteiger partial charge in [0.05, 0.1) is 6.04 Å². The lowest BCUT2D eigenvalue weighted by atomic mass is 10.0. The van der Waals surface area contributed by atoms with Crippen LogP contribution in [0.3, 0.4) is 0 Å². The molecule has 1 saturated heterocycles. The van der Waals surface area contributed by atoms with E-state index in [2.05, 4.69) is 0 Å². The van der Waals surface area contributed by atoms with Gasteiger partial charge in [0.25, 0.3) is 0 Å². The van der Waals surface area contributed by atoms with Crippen LogP contribution >= 0.6 is 0 Å². The number of amides is 1. The smallest absolute Gasteiger partial charge is 0.413 e. The molecule has 1 unspecified atom stereocenters. The Bertz CT molecular complexity index is 793. The third-order valence-electron chi connectivity index (χ3n) is 4.35. The summed E-state index contributed by atoms with van der Waals surface area (Å²) in [4.78, 5) is 25.6. The number of nitrogens with zero attached hydrogens (tertiary/aromatic N) is 1. The molecule has 0 spiro atoms. The Morgan fingerprint density at radius 3 is 2.50 bits per heavy atom. The summed E-state index contributed by atoms with van der Waals surface area (Å²) in [6.45, 7) is 3.37. The van der Waals surface area contributed by atoms with Crippen LogP contribution in [-0.4, -0.2) is 29.1 Å². The molecule has 1 aliphatic rings. The highest BCUT2D eigenvalue weighted by Gasteiger charge is 2.52. The lowest BCUT2D eigenvalue weighted by molar-refractivity contribution is -0.123. The third-order valence-corrected chi connectivity index (χ3v) is 4.35. The van der Waals surface area contributed by atoms with Crippen molar-refractivity contribution < 1.29 is 23.5 Å². The molecular formula is C20H20FNO4. The van der Waals surface area contributed by atoms with Crippen LogP contribution in [0, 0.1) is 5.82 Å². The van der Waals surface area contributed by atoms with Crippen molar-refractivity contribution in [2.75, 3.05) is 0 Å². The Hall–Kier alpha value is -2.73. The summed E-state index contributed by atoms with van der Waals surface area (Å²) in [6.07, 6.45) is -1.06. The monoisotopic (exact) mass is 357 g/mol. The molecule has 2 aromatic carbocycles. The number of halogens is 1. The molecule has 1 aliphatic heterocycles. The van der Waals surface area contributed by atoms with E-state index in [1.807, 2.05) is 30.3 Å². The van der Waals surface area contributed by atoms with Crippen molar-refractivity contribution in [2.45, 2.75) is 38.3 Å². The topological polar surface area (TPSA) is 55.8 Å². The van der Waals surface area contributed by atoms with Crippen molar-refractivity contribution in [1.82, 2.24) is 4.90 Å². The van der Waals surface area contributed by atoms with E-state index in [9.17, 15) is 14.0 Å². The third kappa shape index (κ3) is 3.46. The second kappa shape index (κ2) is 7.25. The maximum atomic E-state index is 14.3. The van der Waals surface area contributed by atoms with Gasteiger partial charge in [-0.05, 0) is 25.5 Å². The van der Waals surface area contributed by atoms with Crippen molar-refractivity contribution in [2.24, 2.45) is 0 Å². The molecule has 2 aromatic rings. The fourth-order valence-corrected chi connectivity index (χ4v) is 3.19. The Labute approximate surface area is 151 Å². The predicted molar refractivity (Wildman–Crippen MR) is 92.6 cm³/mol.